The first kappa shape index (κ1) is 24.0. The molecule has 0 heterocycles. The zero-order chi connectivity index (χ0) is 23.0. The zero-order valence-electron chi connectivity index (χ0n) is 17.5. The first-order chi connectivity index (χ1) is 14.6. The van der Waals surface area contributed by atoms with Crippen molar-refractivity contribution in [2.45, 2.75) is 31.7 Å². The Bertz CT molecular complexity index is 1030. The standard InChI is InChI=1S/C21H26N4O5S/c1-14(2)20(25-31(28,29)18-10-4-15(3)5-11-18)21(27)24-23-12-16-6-8-17(9-7-16)30-13-19(22)26/h4-12,14,20,25H,13H2,1-3H3,(H2,22,26)(H,24,27)/b23-12-/t20-/m0/s1. The third kappa shape index (κ3) is 7.50. The van der Waals surface area contributed by atoms with Gasteiger partial charge >= 0.3 is 0 Å². The lowest BCUT2D eigenvalue weighted by Gasteiger charge is -2.20. The van der Waals surface area contributed by atoms with Crippen molar-refractivity contribution in [3.05, 3.63) is 59.7 Å². The number of nitrogens with zero attached hydrogens (tertiary/aromatic N) is 1. The van der Waals surface area contributed by atoms with Gasteiger partial charge in [0.15, 0.2) is 6.61 Å². The molecule has 0 unspecified atom stereocenters. The number of ether oxygens (including phenoxy) is 1. The number of carbonyl (C=O) groups excluding carboxylic acids is 2. The highest BCUT2D eigenvalue weighted by molar-refractivity contribution is 7.89. The molecule has 166 valence electrons. The molecular formula is C21H26N4O5S. The van der Waals surface area contributed by atoms with Gasteiger partial charge in [-0.3, -0.25) is 9.59 Å². The maximum atomic E-state index is 12.6. The summed E-state index contributed by atoms with van der Waals surface area (Å²) in [4.78, 5) is 23.3. The van der Waals surface area contributed by atoms with E-state index in [0.29, 0.717) is 11.3 Å². The van der Waals surface area contributed by atoms with Crippen LogP contribution < -0.4 is 20.6 Å². The van der Waals surface area contributed by atoms with Gasteiger partial charge in [0.25, 0.3) is 11.8 Å². The van der Waals surface area contributed by atoms with Gasteiger partial charge in [0.1, 0.15) is 11.8 Å². The van der Waals surface area contributed by atoms with E-state index in [1.165, 1.54) is 18.3 Å². The molecule has 10 heteroatoms. The van der Waals surface area contributed by atoms with E-state index in [2.05, 4.69) is 15.2 Å². The predicted octanol–water partition coefficient (Wildman–Crippen LogP) is 1.31. The van der Waals surface area contributed by atoms with E-state index in [9.17, 15) is 18.0 Å². The number of nitrogens with one attached hydrogen (secondary N) is 2. The number of primary amides is 1. The molecular weight excluding hydrogens is 420 g/mol. The van der Waals surface area contributed by atoms with E-state index < -0.39 is 27.9 Å². The number of hydrogen-bond acceptors (Lipinski definition) is 6. The van der Waals surface area contributed by atoms with Gasteiger partial charge in [-0.25, -0.2) is 13.8 Å². The highest BCUT2D eigenvalue weighted by Gasteiger charge is 2.28. The lowest BCUT2D eigenvalue weighted by Crippen LogP contribution is -2.48. The van der Waals surface area contributed by atoms with Crippen molar-refractivity contribution in [1.82, 2.24) is 10.1 Å². The summed E-state index contributed by atoms with van der Waals surface area (Å²) in [6.07, 6.45) is 1.40. The van der Waals surface area contributed by atoms with Crippen LogP contribution in [0.15, 0.2) is 58.5 Å². The minimum atomic E-state index is -3.87. The van der Waals surface area contributed by atoms with E-state index in [1.807, 2.05) is 6.92 Å². The number of hydrogen-bond donors (Lipinski definition) is 3. The summed E-state index contributed by atoms with van der Waals surface area (Å²) in [5.41, 5.74) is 8.97. The van der Waals surface area contributed by atoms with Crippen molar-refractivity contribution in [2.24, 2.45) is 16.8 Å². The molecule has 0 aliphatic rings. The molecule has 9 nitrogen and oxygen atoms in total. The Labute approximate surface area is 181 Å². The monoisotopic (exact) mass is 446 g/mol. The molecule has 0 fully saturated rings. The number of sulfonamides is 1. The minimum Gasteiger partial charge on any atom is -0.484 e. The molecule has 31 heavy (non-hydrogen) atoms. The Balaban J connectivity index is 2.00. The number of nitrogens with two attached hydrogens (primary N) is 1. The van der Waals surface area contributed by atoms with Crippen molar-refractivity contribution in [3.8, 4) is 5.75 Å². The molecule has 0 saturated heterocycles. The first-order valence-electron chi connectivity index (χ1n) is 9.51. The molecule has 2 aromatic carbocycles. The lowest BCUT2D eigenvalue weighted by atomic mass is 10.1. The summed E-state index contributed by atoms with van der Waals surface area (Å²) in [7, 11) is -3.87. The fourth-order valence-electron chi connectivity index (χ4n) is 2.49. The fourth-order valence-corrected chi connectivity index (χ4v) is 3.83. The van der Waals surface area contributed by atoms with Crippen LogP contribution in [0.5, 0.6) is 5.75 Å². The van der Waals surface area contributed by atoms with Crippen LogP contribution >= 0.6 is 0 Å². The average molecular weight is 447 g/mol. The van der Waals surface area contributed by atoms with Crippen LogP contribution in [-0.4, -0.2) is 39.1 Å². The Hall–Kier alpha value is -3.24. The highest BCUT2D eigenvalue weighted by Crippen LogP contribution is 2.13. The maximum Gasteiger partial charge on any atom is 0.258 e. The van der Waals surface area contributed by atoms with Crippen molar-refractivity contribution in [2.75, 3.05) is 6.61 Å². The van der Waals surface area contributed by atoms with Crippen LogP contribution in [0.4, 0.5) is 0 Å². The summed E-state index contributed by atoms with van der Waals surface area (Å²) in [6.45, 7) is 5.10. The molecule has 0 aliphatic carbocycles. The Kier molecular flexibility index (Phi) is 8.29. The molecule has 0 bridgehead atoms. The molecule has 4 N–H and O–H groups in total. The number of amides is 2. The summed E-state index contributed by atoms with van der Waals surface area (Å²) < 4.78 is 32.8. The molecule has 0 saturated carbocycles. The van der Waals surface area contributed by atoms with Crippen LogP contribution in [0.1, 0.15) is 25.0 Å². The van der Waals surface area contributed by atoms with Crippen molar-refractivity contribution >= 4 is 28.1 Å². The number of aryl methyl sites for hydroxylation is 1. The molecule has 1 atom stereocenters. The lowest BCUT2D eigenvalue weighted by molar-refractivity contribution is -0.123. The molecule has 0 aromatic heterocycles. The molecule has 2 aromatic rings. The van der Waals surface area contributed by atoms with E-state index in [-0.39, 0.29) is 17.4 Å². The fraction of sp³-hybridized carbons (Fsp3) is 0.286. The maximum absolute atomic E-state index is 12.6. The number of carbonyl (C=O) groups is 2. The first-order valence-corrected chi connectivity index (χ1v) is 11.0. The average Bonchev–Trinajstić information content (AvgIpc) is 2.71. The normalized spacial score (nSPS) is 12.6. The predicted molar refractivity (Wildman–Crippen MR) is 117 cm³/mol. The van der Waals surface area contributed by atoms with Crippen molar-refractivity contribution in [3.63, 3.8) is 0 Å². The van der Waals surface area contributed by atoms with Crippen LogP contribution in [0.3, 0.4) is 0 Å². The number of hydrazone groups is 1. The second-order valence-corrected chi connectivity index (χ2v) is 8.93. The molecule has 2 amide bonds. The topological polar surface area (TPSA) is 140 Å². The van der Waals surface area contributed by atoms with E-state index in [0.717, 1.165) is 5.56 Å². The van der Waals surface area contributed by atoms with Crippen LogP contribution in [0, 0.1) is 12.8 Å². The number of rotatable bonds is 10. The molecule has 0 aliphatic heterocycles. The largest absolute Gasteiger partial charge is 0.484 e. The molecule has 2 rings (SSSR count). The second kappa shape index (κ2) is 10.7. The van der Waals surface area contributed by atoms with Crippen LogP contribution in [0.25, 0.3) is 0 Å². The summed E-state index contributed by atoms with van der Waals surface area (Å²) in [5, 5.41) is 3.89. The smallest absolute Gasteiger partial charge is 0.258 e. The number of benzene rings is 2. The third-order valence-corrected chi connectivity index (χ3v) is 5.67. The molecule has 0 radical (unpaired) electrons. The van der Waals surface area contributed by atoms with Gasteiger partial charge in [0.05, 0.1) is 11.1 Å². The Morgan fingerprint density at radius 1 is 1.10 bits per heavy atom. The van der Waals surface area contributed by atoms with E-state index in [4.69, 9.17) is 10.5 Å². The summed E-state index contributed by atoms with van der Waals surface area (Å²) >= 11 is 0. The highest BCUT2D eigenvalue weighted by atomic mass is 32.2. The minimum absolute atomic E-state index is 0.0821. The van der Waals surface area contributed by atoms with Crippen LogP contribution in [0.2, 0.25) is 0 Å². The summed E-state index contributed by atoms with van der Waals surface area (Å²) in [5.74, 6) is -1.00. The Morgan fingerprint density at radius 3 is 2.26 bits per heavy atom. The van der Waals surface area contributed by atoms with Crippen molar-refractivity contribution in [1.29, 1.82) is 0 Å². The third-order valence-electron chi connectivity index (χ3n) is 4.21. The van der Waals surface area contributed by atoms with Gasteiger partial charge in [-0.2, -0.15) is 9.82 Å². The SMILES string of the molecule is Cc1ccc(S(=O)(=O)N[C@H](C(=O)N/N=C\c2ccc(OCC(N)=O)cc2)C(C)C)cc1. The molecule has 0 spiro atoms. The van der Waals surface area contributed by atoms with Gasteiger partial charge in [0, 0.05) is 0 Å². The van der Waals surface area contributed by atoms with Gasteiger partial charge in [-0.15, -0.1) is 0 Å². The van der Waals surface area contributed by atoms with Gasteiger partial charge in [-0.1, -0.05) is 31.5 Å². The van der Waals surface area contributed by atoms with Crippen LogP contribution in [-0.2, 0) is 19.6 Å². The summed E-state index contributed by atoms with van der Waals surface area (Å²) in [6, 6.07) is 11.9. The van der Waals surface area contributed by atoms with Gasteiger partial charge in [0.2, 0.25) is 10.0 Å². The van der Waals surface area contributed by atoms with E-state index >= 15 is 0 Å². The van der Waals surface area contributed by atoms with Crippen molar-refractivity contribution < 1.29 is 22.7 Å². The zero-order valence-corrected chi connectivity index (χ0v) is 18.3. The quantitative estimate of drug-likeness (QED) is 0.373. The van der Waals surface area contributed by atoms with Gasteiger partial charge in [-0.05, 0) is 54.8 Å². The Morgan fingerprint density at radius 2 is 1.71 bits per heavy atom. The second-order valence-electron chi connectivity index (χ2n) is 7.21. The van der Waals surface area contributed by atoms with Gasteiger partial charge < -0.3 is 10.5 Å². The van der Waals surface area contributed by atoms with E-state index in [1.54, 1.807) is 50.2 Å².